The van der Waals surface area contributed by atoms with E-state index in [2.05, 4.69) is 63.5 Å². The summed E-state index contributed by atoms with van der Waals surface area (Å²) in [6, 6.07) is 23.9. The molecule has 0 heterocycles. The molecule has 0 aliphatic rings. The Hall–Kier alpha value is -3.54. The van der Waals surface area contributed by atoms with Gasteiger partial charge in [-0.3, -0.25) is 0 Å². The van der Waals surface area contributed by atoms with Crippen molar-refractivity contribution in [2.75, 3.05) is 25.1 Å². The number of hydrogen-bond donors (Lipinski definition) is 0. The van der Waals surface area contributed by atoms with Crippen molar-refractivity contribution in [1.29, 1.82) is 0 Å². The van der Waals surface area contributed by atoms with Crippen LogP contribution in [0.3, 0.4) is 0 Å². The minimum atomic E-state index is 0.614. The zero-order valence-corrected chi connectivity index (χ0v) is 34.0. The average Bonchev–Trinajstić information content (AvgIpc) is 3.20. The van der Waals surface area contributed by atoms with E-state index in [1.54, 1.807) is 7.11 Å². The standard InChI is InChI=1S/C47H73N5O/c1-4-6-8-10-12-14-16-18-20-22-24-29-39-52(40-30-25-23-21-19-17-15-13-11-9-7-5-2)45-36-33-43(34-37-45)48-50-44-35-38-46(47(41-44)53-3)51-49-42-31-27-26-28-32-42/h26-28,31-38,41H,4-25,29-30,39-40H2,1-3H3/b50-48+,51-49+. The van der Waals surface area contributed by atoms with E-state index in [-0.39, 0.29) is 0 Å². The molecule has 0 N–H and O–H groups in total. The normalized spacial score (nSPS) is 11.6. The van der Waals surface area contributed by atoms with E-state index in [4.69, 9.17) is 4.74 Å². The van der Waals surface area contributed by atoms with E-state index in [1.165, 1.54) is 160 Å². The molecule has 0 saturated carbocycles. The first-order valence-corrected chi connectivity index (χ1v) is 21.6. The maximum Gasteiger partial charge on any atom is 0.148 e. The summed E-state index contributed by atoms with van der Waals surface area (Å²) in [5.41, 5.74) is 4.30. The number of methoxy groups -OCH3 is 1. The van der Waals surface area contributed by atoms with Gasteiger partial charge >= 0.3 is 0 Å². The predicted molar refractivity (Wildman–Crippen MR) is 229 cm³/mol. The number of rotatable bonds is 32. The Kier molecular flexibility index (Phi) is 24.7. The topological polar surface area (TPSA) is 61.9 Å². The molecule has 3 aromatic rings. The number of azo groups is 2. The Balaban J connectivity index is 1.46. The number of benzene rings is 3. The van der Waals surface area contributed by atoms with Crippen LogP contribution >= 0.6 is 0 Å². The van der Waals surface area contributed by atoms with E-state index in [1.807, 2.05) is 48.5 Å². The fourth-order valence-corrected chi connectivity index (χ4v) is 6.92. The Bertz CT molecular complexity index is 1330. The third kappa shape index (κ3) is 20.5. The van der Waals surface area contributed by atoms with Gasteiger partial charge in [0.15, 0.2) is 0 Å². The van der Waals surface area contributed by atoms with Gasteiger partial charge in [-0.25, -0.2) is 0 Å². The predicted octanol–water partition coefficient (Wildman–Crippen LogP) is 16.7. The Morgan fingerprint density at radius 2 is 0.811 bits per heavy atom. The third-order valence-electron chi connectivity index (χ3n) is 10.3. The van der Waals surface area contributed by atoms with Crippen LogP contribution in [-0.2, 0) is 0 Å². The first kappa shape index (κ1) is 43.9. The minimum absolute atomic E-state index is 0.614. The molecule has 0 aliphatic carbocycles. The summed E-state index contributed by atoms with van der Waals surface area (Å²) < 4.78 is 5.58. The number of anilines is 1. The number of nitrogens with zero attached hydrogens (tertiary/aromatic N) is 5. The summed E-state index contributed by atoms with van der Waals surface area (Å²) >= 11 is 0. The second-order valence-corrected chi connectivity index (χ2v) is 14.9. The van der Waals surface area contributed by atoms with Crippen molar-refractivity contribution < 1.29 is 4.74 Å². The van der Waals surface area contributed by atoms with Crippen molar-refractivity contribution in [3.05, 3.63) is 72.8 Å². The molecule has 292 valence electrons. The smallest absolute Gasteiger partial charge is 0.148 e. The molecular weight excluding hydrogens is 651 g/mol. The summed E-state index contributed by atoms with van der Waals surface area (Å²) in [4.78, 5) is 2.61. The van der Waals surface area contributed by atoms with Crippen molar-refractivity contribution in [3.63, 3.8) is 0 Å². The van der Waals surface area contributed by atoms with Crippen LogP contribution in [0.5, 0.6) is 5.75 Å². The summed E-state index contributed by atoms with van der Waals surface area (Å²) in [6.07, 6.45) is 33.2. The first-order chi connectivity index (χ1) is 26.2. The van der Waals surface area contributed by atoms with Crippen molar-refractivity contribution in [1.82, 2.24) is 0 Å². The van der Waals surface area contributed by atoms with Crippen LogP contribution in [-0.4, -0.2) is 20.2 Å². The van der Waals surface area contributed by atoms with Gasteiger partial charge < -0.3 is 9.64 Å². The highest BCUT2D eigenvalue weighted by Gasteiger charge is 2.08. The van der Waals surface area contributed by atoms with E-state index in [9.17, 15) is 0 Å². The molecule has 53 heavy (non-hydrogen) atoms. The number of ether oxygens (including phenoxy) is 1. The van der Waals surface area contributed by atoms with Gasteiger partial charge in [-0.15, -0.1) is 5.11 Å². The molecule has 0 saturated heterocycles. The second kappa shape index (κ2) is 29.9. The maximum atomic E-state index is 5.58. The van der Waals surface area contributed by atoms with Gasteiger partial charge in [0.25, 0.3) is 0 Å². The van der Waals surface area contributed by atoms with Crippen LogP contribution in [0.15, 0.2) is 93.3 Å². The van der Waals surface area contributed by atoms with Gasteiger partial charge in [0.2, 0.25) is 0 Å². The molecule has 0 bridgehead atoms. The van der Waals surface area contributed by atoms with Crippen LogP contribution in [0, 0.1) is 0 Å². The molecule has 0 spiro atoms. The van der Waals surface area contributed by atoms with Crippen LogP contribution in [0.4, 0.5) is 28.4 Å². The molecule has 0 atom stereocenters. The summed E-state index contributed by atoms with van der Waals surface area (Å²) in [6.45, 7) is 6.85. The quantitative estimate of drug-likeness (QED) is 0.0475. The lowest BCUT2D eigenvalue weighted by Crippen LogP contribution is -2.25. The highest BCUT2D eigenvalue weighted by molar-refractivity contribution is 5.59. The molecule has 0 aromatic heterocycles. The molecule has 6 heteroatoms. The van der Waals surface area contributed by atoms with Crippen LogP contribution in [0.1, 0.15) is 168 Å². The molecule has 0 unspecified atom stereocenters. The number of hydrogen-bond acceptors (Lipinski definition) is 6. The van der Waals surface area contributed by atoms with Crippen molar-refractivity contribution in [3.8, 4) is 5.75 Å². The fraction of sp³-hybridized carbons (Fsp3) is 0.617. The molecule has 0 radical (unpaired) electrons. The highest BCUT2D eigenvalue weighted by atomic mass is 16.5. The Labute approximate surface area is 324 Å². The Morgan fingerprint density at radius 1 is 0.415 bits per heavy atom. The van der Waals surface area contributed by atoms with Gasteiger partial charge in [0.1, 0.15) is 11.4 Å². The zero-order chi connectivity index (χ0) is 37.4. The van der Waals surface area contributed by atoms with Gasteiger partial charge in [-0.2, -0.15) is 15.3 Å². The third-order valence-corrected chi connectivity index (χ3v) is 10.3. The highest BCUT2D eigenvalue weighted by Crippen LogP contribution is 2.34. The second-order valence-electron chi connectivity index (χ2n) is 14.9. The molecule has 0 aliphatic heterocycles. The van der Waals surface area contributed by atoms with E-state index >= 15 is 0 Å². The zero-order valence-electron chi connectivity index (χ0n) is 34.0. The minimum Gasteiger partial charge on any atom is -0.494 e. The summed E-state index contributed by atoms with van der Waals surface area (Å²) in [5.74, 6) is 0.614. The molecule has 0 fully saturated rings. The van der Waals surface area contributed by atoms with Gasteiger partial charge in [-0.05, 0) is 61.4 Å². The number of unbranched alkanes of at least 4 members (excludes halogenated alkanes) is 22. The van der Waals surface area contributed by atoms with Gasteiger partial charge in [0.05, 0.1) is 24.2 Å². The SMILES string of the molecule is CCCCCCCCCCCCCCN(CCCCCCCCCCCCCC)c1ccc(/N=N/c2ccc(/N=N/c3ccccc3)c(OC)c2)cc1. The molecular formula is C47H73N5O. The lowest BCUT2D eigenvalue weighted by atomic mass is 10.0. The molecule has 3 aromatic carbocycles. The van der Waals surface area contributed by atoms with Crippen molar-refractivity contribution in [2.45, 2.75) is 168 Å². The largest absolute Gasteiger partial charge is 0.494 e. The van der Waals surface area contributed by atoms with E-state index in [0.29, 0.717) is 17.1 Å². The van der Waals surface area contributed by atoms with E-state index < -0.39 is 0 Å². The lowest BCUT2D eigenvalue weighted by molar-refractivity contribution is 0.416. The maximum absolute atomic E-state index is 5.58. The van der Waals surface area contributed by atoms with Crippen LogP contribution in [0.25, 0.3) is 0 Å². The van der Waals surface area contributed by atoms with E-state index in [0.717, 1.165) is 24.5 Å². The molecule has 0 amide bonds. The van der Waals surface area contributed by atoms with Crippen LogP contribution in [0.2, 0.25) is 0 Å². The van der Waals surface area contributed by atoms with Gasteiger partial charge in [-0.1, -0.05) is 173 Å². The average molecular weight is 724 g/mol. The summed E-state index contributed by atoms with van der Waals surface area (Å²) in [7, 11) is 1.64. The summed E-state index contributed by atoms with van der Waals surface area (Å²) in [5, 5.41) is 17.7. The first-order valence-electron chi connectivity index (χ1n) is 21.6. The van der Waals surface area contributed by atoms with Crippen molar-refractivity contribution >= 4 is 28.4 Å². The molecule has 6 nitrogen and oxygen atoms in total. The molecule has 3 rings (SSSR count). The lowest BCUT2D eigenvalue weighted by Gasteiger charge is -2.25. The Morgan fingerprint density at radius 3 is 1.28 bits per heavy atom. The van der Waals surface area contributed by atoms with Gasteiger partial charge in [0, 0.05) is 24.8 Å². The van der Waals surface area contributed by atoms with Crippen molar-refractivity contribution in [2.24, 2.45) is 20.5 Å². The van der Waals surface area contributed by atoms with Crippen LogP contribution < -0.4 is 9.64 Å². The monoisotopic (exact) mass is 724 g/mol. The fourth-order valence-electron chi connectivity index (χ4n) is 6.92.